The highest BCUT2D eigenvalue weighted by atomic mass is 35.5. The Morgan fingerprint density at radius 2 is 2.20 bits per heavy atom. The fraction of sp³-hybridized carbons (Fsp3) is 0.0833. The first-order chi connectivity index (χ1) is 9.67. The van der Waals surface area contributed by atoms with Gasteiger partial charge in [0.1, 0.15) is 0 Å². The molecule has 1 heterocycles. The number of hydrogen-bond donors (Lipinski definition) is 3. The van der Waals surface area contributed by atoms with Crippen LogP contribution in [-0.2, 0) is 11.2 Å². The smallest absolute Gasteiger partial charge is 0.239 e. The van der Waals surface area contributed by atoms with E-state index in [0.29, 0.717) is 15.8 Å². The summed E-state index contributed by atoms with van der Waals surface area (Å²) in [6.07, 6.45) is 1.81. The molecule has 2 rings (SSSR count). The molecule has 0 atom stereocenters. The van der Waals surface area contributed by atoms with Crippen molar-refractivity contribution in [1.82, 2.24) is 10.4 Å². The number of thiazole rings is 1. The Kier molecular flexibility index (Phi) is 5.05. The molecule has 0 radical (unpaired) electrons. The third-order valence-corrected chi connectivity index (χ3v) is 3.35. The maximum absolute atomic E-state index is 11.1. The summed E-state index contributed by atoms with van der Waals surface area (Å²) in [7, 11) is 0. The first-order valence-corrected chi connectivity index (χ1v) is 6.91. The molecule has 1 aromatic carbocycles. The highest BCUT2D eigenvalue weighted by Gasteiger charge is 2.05. The molecule has 0 aliphatic carbocycles. The molecule has 104 valence electrons. The van der Waals surface area contributed by atoms with Crippen LogP contribution >= 0.6 is 22.9 Å². The number of nitrogens with zero attached hydrogens (tertiary/aromatic N) is 2. The van der Waals surface area contributed by atoms with E-state index in [0.717, 1.165) is 5.56 Å². The topological polar surface area (TPSA) is 92.4 Å². The van der Waals surface area contributed by atoms with E-state index in [2.05, 4.69) is 20.9 Å². The lowest BCUT2D eigenvalue weighted by Crippen LogP contribution is -2.31. The Labute approximate surface area is 124 Å². The Morgan fingerprint density at radius 1 is 1.45 bits per heavy atom. The summed E-state index contributed by atoms with van der Waals surface area (Å²) in [5.41, 5.74) is 6.42. The van der Waals surface area contributed by atoms with E-state index in [9.17, 15) is 4.79 Å². The predicted octanol–water partition coefficient (Wildman–Crippen LogP) is 1.77. The lowest BCUT2D eigenvalue weighted by Gasteiger charge is -1.96. The molecule has 0 saturated carbocycles. The van der Waals surface area contributed by atoms with Crippen LogP contribution in [0.1, 0.15) is 11.3 Å². The highest BCUT2D eigenvalue weighted by Crippen LogP contribution is 2.15. The summed E-state index contributed by atoms with van der Waals surface area (Å²) in [5, 5.41) is 7.12. The van der Waals surface area contributed by atoms with Crippen LogP contribution in [0, 0.1) is 0 Å². The number of carbonyl (C=O) groups is 1. The molecule has 6 nitrogen and oxygen atoms in total. The minimum atomic E-state index is -0.286. The summed E-state index contributed by atoms with van der Waals surface area (Å²) in [6, 6.07) is 7.28. The molecule has 0 bridgehead atoms. The minimum absolute atomic E-state index is 0.148. The van der Waals surface area contributed by atoms with Crippen molar-refractivity contribution in [2.24, 2.45) is 10.9 Å². The number of benzene rings is 1. The number of hydrogen-bond acceptors (Lipinski definition) is 6. The van der Waals surface area contributed by atoms with Crippen molar-refractivity contribution in [2.75, 3.05) is 5.43 Å². The normalized spacial score (nSPS) is 10.7. The van der Waals surface area contributed by atoms with Crippen molar-refractivity contribution in [1.29, 1.82) is 0 Å². The maximum Gasteiger partial charge on any atom is 0.239 e. The highest BCUT2D eigenvalue weighted by molar-refractivity contribution is 7.13. The summed E-state index contributed by atoms with van der Waals surface area (Å²) in [6.45, 7) is 0. The Hall–Kier alpha value is -1.96. The molecular formula is C12H12ClN5OS. The number of hydrazine groups is 1. The van der Waals surface area contributed by atoms with Gasteiger partial charge < -0.3 is 0 Å². The van der Waals surface area contributed by atoms with Gasteiger partial charge >= 0.3 is 0 Å². The van der Waals surface area contributed by atoms with Crippen LogP contribution in [0.3, 0.4) is 0 Å². The summed E-state index contributed by atoms with van der Waals surface area (Å²) < 4.78 is 0. The third-order valence-electron chi connectivity index (χ3n) is 2.30. The van der Waals surface area contributed by atoms with Crippen molar-refractivity contribution in [3.63, 3.8) is 0 Å². The van der Waals surface area contributed by atoms with E-state index in [4.69, 9.17) is 17.4 Å². The van der Waals surface area contributed by atoms with Crippen molar-refractivity contribution >= 4 is 40.2 Å². The number of halogens is 1. The molecule has 8 heteroatoms. The van der Waals surface area contributed by atoms with Crippen molar-refractivity contribution in [3.8, 4) is 0 Å². The second kappa shape index (κ2) is 6.99. The Morgan fingerprint density at radius 3 is 2.90 bits per heavy atom. The molecule has 0 fully saturated rings. The first-order valence-electron chi connectivity index (χ1n) is 5.66. The van der Waals surface area contributed by atoms with Gasteiger partial charge in [0.2, 0.25) is 11.0 Å². The molecule has 0 aliphatic heterocycles. The zero-order valence-corrected chi connectivity index (χ0v) is 11.9. The average molecular weight is 310 g/mol. The molecule has 4 N–H and O–H groups in total. The van der Waals surface area contributed by atoms with Crippen LogP contribution in [0.15, 0.2) is 34.7 Å². The van der Waals surface area contributed by atoms with Crippen molar-refractivity contribution in [3.05, 3.63) is 45.9 Å². The van der Waals surface area contributed by atoms with Gasteiger partial charge in [-0.15, -0.1) is 11.3 Å². The second-order valence-electron chi connectivity index (χ2n) is 3.81. The molecule has 0 saturated heterocycles. The predicted molar refractivity (Wildman–Crippen MR) is 80.8 cm³/mol. The van der Waals surface area contributed by atoms with Crippen LogP contribution in [0.25, 0.3) is 0 Å². The number of carbonyl (C=O) groups excluding carboxylic acids is 1. The standard InChI is InChI=1S/C12H12ClN5OS/c13-9-3-1-8(2-4-9)6-15-18-12-16-10(7-20-12)5-11(19)17-14/h1-4,6-7H,5,14H2,(H,16,18)(H,17,19)/b15-6-. The summed E-state index contributed by atoms with van der Waals surface area (Å²) in [5.74, 6) is 4.72. The largest absolute Gasteiger partial charge is 0.294 e. The molecule has 2 aromatic rings. The van der Waals surface area contributed by atoms with Gasteiger partial charge in [-0.3, -0.25) is 15.6 Å². The number of nitrogens with two attached hydrogens (primary N) is 1. The Balaban J connectivity index is 1.90. The molecule has 0 unspecified atom stereocenters. The molecule has 20 heavy (non-hydrogen) atoms. The number of nitrogens with one attached hydrogen (secondary N) is 2. The van der Waals surface area contributed by atoms with E-state index < -0.39 is 0 Å². The van der Waals surface area contributed by atoms with Gasteiger partial charge in [-0.1, -0.05) is 23.7 Å². The zero-order chi connectivity index (χ0) is 14.4. The lowest BCUT2D eigenvalue weighted by molar-refractivity contribution is -0.120. The number of hydrazone groups is 1. The van der Waals surface area contributed by atoms with Crippen LogP contribution in [0.4, 0.5) is 5.13 Å². The van der Waals surface area contributed by atoms with Crippen LogP contribution in [0.5, 0.6) is 0 Å². The van der Waals surface area contributed by atoms with E-state index in [1.54, 1.807) is 23.7 Å². The molecule has 0 spiro atoms. The van der Waals surface area contributed by atoms with Gasteiger partial charge in [-0.2, -0.15) is 5.10 Å². The minimum Gasteiger partial charge on any atom is -0.294 e. The molecule has 1 amide bonds. The second-order valence-corrected chi connectivity index (χ2v) is 5.10. The lowest BCUT2D eigenvalue weighted by atomic mass is 10.2. The van der Waals surface area contributed by atoms with Crippen LogP contribution in [-0.4, -0.2) is 17.1 Å². The fourth-order valence-electron chi connectivity index (χ4n) is 1.37. The molecule has 1 aromatic heterocycles. The zero-order valence-electron chi connectivity index (χ0n) is 10.3. The van der Waals surface area contributed by atoms with E-state index in [1.165, 1.54) is 11.3 Å². The third kappa shape index (κ3) is 4.30. The maximum atomic E-state index is 11.1. The SMILES string of the molecule is NNC(=O)Cc1csc(N/N=C\c2ccc(Cl)cc2)n1. The van der Waals surface area contributed by atoms with Gasteiger partial charge in [0.05, 0.1) is 18.3 Å². The number of anilines is 1. The number of rotatable bonds is 5. The average Bonchev–Trinajstić information content (AvgIpc) is 2.88. The van der Waals surface area contributed by atoms with Gasteiger partial charge in [-0.05, 0) is 17.7 Å². The summed E-state index contributed by atoms with van der Waals surface area (Å²) >= 11 is 7.15. The van der Waals surface area contributed by atoms with Crippen LogP contribution in [0.2, 0.25) is 5.02 Å². The molecule has 0 aliphatic rings. The first kappa shape index (κ1) is 14.4. The number of aromatic nitrogens is 1. The van der Waals surface area contributed by atoms with E-state index >= 15 is 0 Å². The fourth-order valence-corrected chi connectivity index (χ4v) is 2.15. The van der Waals surface area contributed by atoms with Gasteiger partial charge in [-0.25, -0.2) is 10.8 Å². The van der Waals surface area contributed by atoms with Gasteiger partial charge in [0.15, 0.2) is 0 Å². The quantitative estimate of drug-likeness (QED) is 0.340. The number of amides is 1. The van der Waals surface area contributed by atoms with Gasteiger partial charge in [0.25, 0.3) is 0 Å². The van der Waals surface area contributed by atoms with E-state index in [-0.39, 0.29) is 12.3 Å². The van der Waals surface area contributed by atoms with Crippen molar-refractivity contribution in [2.45, 2.75) is 6.42 Å². The van der Waals surface area contributed by atoms with Crippen LogP contribution < -0.4 is 16.7 Å². The van der Waals surface area contributed by atoms with Gasteiger partial charge in [0, 0.05) is 10.4 Å². The van der Waals surface area contributed by atoms with E-state index in [1.807, 2.05) is 12.1 Å². The van der Waals surface area contributed by atoms with Crippen molar-refractivity contribution < 1.29 is 4.79 Å². The molecular weight excluding hydrogens is 298 g/mol. The monoisotopic (exact) mass is 309 g/mol. The summed E-state index contributed by atoms with van der Waals surface area (Å²) in [4.78, 5) is 15.3. The Bertz CT molecular complexity index is 611.